The summed E-state index contributed by atoms with van der Waals surface area (Å²) in [5.74, 6) is 2.79. The Morgan fingerprint density at radius 1 is 1.67 bits per heavy atom. The minimum atomic E-state index is -0.0220. The molecule has 3 nitrogen and oxygen atoms in total. The molecule has 2 rings (SSSR count). The Morgan fingerprint density at radius 3 is 3.25 bits per heavy atom. The quantitative estimate of drug-likeness (QED) is 0.526. The molecule has 2 aliphatic rings. The number of nitriles is 1. The van der Waals surface area contributed by atoms with E-state index in [0.29, 0.717) is 5.92 Å². The van der Waals surface area contributed by atoms with Crippen molar-refractivity contribution in [3.8, 4) is 5.97 Å². The summed E-state index contributed by atoms with van der Waals surface area (Å²) in [4.78, 5) is 11.3. The fraction of sp³-hybridized carbons (Fsp3) is 0.750. The van der Waals surface area contributed by atoms with E-state index in [4.69, 9.17) is 5.26 Å². The van der Waals surface area contributed by atoms with Crippen molar-refractivity contribution in [2.45, 2.75) is 25.0 Å². The highest BCUT2D eigenvalue weighted by Crippen LogP contribution is 2.37. The Bertz CT molecular complexity index is 248. The van der Waals surface area contributed by atoms with Crippen LogP contribution in [0.4, 0.5) is 0 Å². The zero-order chi connectivity index (χ0) is 8.55. The van der Waals surface area contributed by atoms with Crippen LogP contribution in [0.25, 0.3) is 0 Å². The first-order chi connectivity index (χ1) is 5.83. The first-order valence-corrected chi connectivity index (χ1v) is 4.50. The van der Waals surface area contributed by atoms with Crippen LogP contribution in [0.2, 0.25) is 12.1 Å². The summed E-state index contributed by atoms with van der Waals surface area (Å²) >= 11 is 0. The van der Waals surface area contributed by atoms with E-state index in [9.17, 15) is 4.79 Å². The van der Waals surface area contributed by atoms with E-state index in [2.05, 4.69) is 11.3 Å². The molecule has 0 aromatic heterocycles. The molecule has 0 aromatic carbocycles. The molecule has 0 saturated carbocycles. The van der Waals surface area contributed by atoms with Crippen molar-refractivity contribution in [3.63, 3.8) is 0 Å². The predicted molar refractivity (Wildman–Crippen MR) is 45.7 cm³/mol. The van der Waals surface area contributed by atoms with Crippen molar-refractivity contribution in [1.29, 1.82) is 5.26 Å². The van der Waals surface area contributed by atoms with Crippen LogP contribution in [0.5, 0.6) is 0 Å². The molecular weight excluding hydrogens is 151 g/mol. The summed E-state index contributed by atoms with van der Waals surface area (Å²) in [6.07, 6.45) is 3.13. The molecule has 2 heterocycles. The number of carbonyl (C=O) groups excluding carboxylic acids is 1. The van der Waals surface area contributed by atoms with Gasteiger partial charge in [-0.2, -0.15) is 0 Å². The molecule has 1 amide bonds. The third kappa shape index (κ3) is 1.01. The van der Waals surface area contributed by atoms with Gasteiger partial charge in [-0.25, -0.2) is 5.26 Å². The summed E-state index contributed by atoms with van der Waals surface area (Å²) < 4.78 is 0. The van der Waals surface area contributed by atoms with Crippen molar-refractivity contribution >= 4 is 12.6 Å². The maximum Gasteiger partial charge on any atom is 0.280 e. The van der Waals surface area contributed by atoms with Crippen LogP contribution < -0.4 is 5.32 Å². The van der Waals surface area contributed by atoms with Gasteiger partial charge in [0.05, 0.1) is 0 Å². The second-order valence-electron chi connectivity index (χ2n) is 3.70. The first kappa shape index (κ1) is 7.66. The fourth-order valence-electron chi connectivity index (χ4n) is 2.41. The molecule has 12 heavy (non-hydrogen) atoms. The number of fused-ring (bicyclic) bond motifs is 1. The van der Waals surface area contributed by atoms with Crippen LogP contribution in [-0.2, 0) is 4.79 Å². The van der Waals surface area contributed by atoms with E-state index >= 15 is 0 Å². The second kappa shape index (κ2) is 2.82. The van der Waals surface area contributed by atoms with Gasteiger partial charge in [0.2, 0.25) is 5.91 Å². The molecule has 2 fully saturated rings. The van der Waals surface area contributed by atoms with Crippen LogP contribution in [0, 0.1) is 17.1 Å². The van der Waals surface area contributed by atoms with Crippen molar-refractivity contribution in [2.75, 3.05) is 6.54 Å². The predicted octanol–water partition coefficient (Wildman–Crippen LogP) is 0.454. The van der Waals surface area contributed by atoms with Gasteiger partial charge in [0, 0.05) is 18.3 Å². The van der Waals surface area contributed by atoms with E-state index in [-0.39, 0.29) is 18.4 Å². The van der Waals surface area contributed by atoms with Gasteiger partial charge in [-0.3, -0.25) is 4.79 Å². The number of rotatable bonds is 0. The maximum atomic E-state index is 11.3. The molecule has 62 valence electrons. The zero-order valence-electron chi connectivity index (χ0n) is 6.92. The lowest BCUT2D eigenvalue weighted by atomic mass is 9.35. The molecule has 2 unspecified atom stereocenters. The molecule has 1 N–H and O–H groups in total. The Morgan fingerprint density at radius 2 is 2.50 bits per heavy atom. The van der Waals surface area contributed by atoms with Gasteiger partial charge >= 0.3 is 0 Å². The second-order valence-corrected chi connectivity index (χ2v) is 3.70. The smallest absolute Gasteiger partial charge is 0.280 e. The lowest BCUT2D eigenvalue weighted by Crippen LogP contribution is -2.32. The van der Waals surface area contributed by atoms with Gasteiger partial charge in [0.15, 0.2) is 0 Å². The molecule has 0 radical (unpaired) electrons. The highest BCUT2D eigenvalue weighted by molar-refractivity contribution is 6.72. The van der Waals surface area contributed by atoms with Gasteiger partial charge < -0.3 is 5.32 Å². The van der Waals surface area contributed by atoms with Gasteiger partial charge in [0.25, 0.3) is 6.71 Å². The lowest BCUT2D eigenvalue weighted by molar-refractivity contribution is -0.119. The van der Waals surface area contributed by atoms with Crippen LogP contribution >= 0.6 is 0 Å². The SMILES string of the molecule is N#CB1CCCC2CNC(=O)C12. The summed E-state index contributed by atoms with van der Waals surface area (Å²) in [7, 11) is 0. The van der Waals surface area contributed by atoms with Crippen molar-refractivity contribution in [2.24, 2.45) is 5.92 Å². The molecule has 2 saturated heterocycles. The number of amides is 1. The van der Waals surface area contributed by atoms with E-state index < -0.39 is 0 Å². The number of nitrogens with one attached hydrogen (secondary N) is 1. The van der Waals surface area contributed by atoms with Crippen LogP contribution in [-0.4, -0.2) is 19.2 Å². The fourth-order valence-corrected chi connectivity index (χ4v) is 2.41. The lowest BCUT2D eigenvalue weighted by Gasteiger charge is -2.23. The monoisotopic (exact) mass is 162 g/mol. The normalized spacial score (nSPS) is 33.9. The van der Waals surface area contributed by atoms with Crippen molar-refractivity contribution in [1.82, 2.24) is 5.32 Å². The van der Waals surface area contributed by atoms with Crippen LogP contribution in [0.15, 0.2) is 0 Å². The van der Waals surface area contributed by atoms with Gasteiger partial charge in [-0.1, -0.05) is 12.7 Å². The molecular formula is C8H11BN2O. The zero-order valence-corrected chi connectivity index (χ0v) is 6.92. The van der Waals surface area contributed by atoms with Crippen molar-refractivity contribution < 1.29 is 4.79 Å². The van der Waals surface area contributed by atoms with Crippen LogP contribution in [0.1, 0.15) is 12.8 Å². The summed E-state index contributed by atoms with van der Waals surface area (Å²) in [5.41, 5.74) is 0. The molecule has 2 aliphatic heterocycles. The molecule has 0 spiro atoms. The Labute approximate surface area is 72.2 Å². The topological polar surface area (TPSA) is 52.9 Å². The summed E-state index contributed by atoms with van der Waals surface area (Å²) in [6.45, 7) is 0.771. The van der Waals surface area contributed by atoms with Crippen LogP contribution in [0.3, 0.4) is 0 Å². The summed E-state index contributed by atoms with van der Waals surface area (Å²) in [5, 5.41) is 11.7. The summed E-state index contributed by atoms with van der Waals surface area (Å²) in [6, 6.07) is 0. The maximum absolute atomic E-state index is 11.3. The molecule has 2 atom stereocenters. The highest BCUT2D eigenvalue weighted by atomic mass is 16.2. The molecule has 0 aromatic rings. The van der Waals surface area contributed by atoms with Crippen molar-refractivity contribution in [3.05, 3.63) is 0 Å². The third-order valence-electron chi connectivity index (χ3n) is 3.04. The van der Waals surface area contributed by atoms with Gasteiger partial charge in [-0.15, -0.1) is 0 Å². The van der Waals surface area contributed by atoms with E-state index in [1.807, 2.05) is 0 Å². The number of carbonyl (C=O) groups is 1. The Balaban J connectivity index is 2.19. The molecule has 0 bridgehead atoms. The number of hydrogen-bond donors (Lipinski definition) is 1. The molecule has 4 heteroatoms. The van der Waals surface area contributed by atoms with E-state index in [1.54, 1.807) is 0 Å². The van der Waals surface area contributed by atoms with E-state index in [0.717, 1.165) is 25.7 Å². The largest absolute Gasteiger partial charge is 0.356 e. The average molecular weight is 162 g/mol. The standard InChI is InChI=1S/C8H11BN2O/c10-5-9-3-1-2-6-4-11-8(12)7(6)9/h6-7H,1-4H2,(H,11,12). The highest BCUT2D eigenvalue weighted by Gasteiger charge is 2.44. The molecule has 0 aliphatic carbocycles. The Hall–Kier alpha value is -0.975. The Kier molecular flexibility index (Phi) is 1.80. The first-order valence-electron chi connectivity index (χ1n) is 4.50. The number of hydrogen-bond acceptors (Lipinski definition) is 2. The minimum absolute atomic E-state index is 0.00347. The number of nitrogens with zero attached hydrogens (tertiary/aromatic N) is 1. The van der Waals surface area contributed by atoms with E-state index in [1.165, 1.54) is 0 Å². The third-order valence-corrected chi connectivity index (χ3v) is 3.04. The van der Waals surface area contributed by atoms with Gasteiger partial charge in [0.1, 0.15) is 0 Å². The minimum Gasteiger partial charge on any atom is -0.356 e. The van der Waals surface area contributed by atoms with Gasteiger partial charge in [-0.05, 0) is 12.3 Å². The average Bonchev–Trinajstić information content (AvgIpc) is 2.48.